The molecule has 8 nitrogen and oxygen atoms in total. The topological polar surface area (TPSA) is 83.6 Å². The Balaban J connectivity index is 0. The molecule has 310 valence electrons. The van der Waals surface area contributed by atoms with Gasteiger partial charge >= 0.3 is 51.4 Å². The molecule has 1 aliphatic rings. The predicted octanol–water partition coefficient (Wildman–Crippen LogP) is 8.65. The van der Waals surface area contributed by atoms with E-state index in [-0.39, 0.29) is 67.9 Å². The van der Waals surface area contributed by atoms with E-state index in [2.05, 4.69) is 131 Å². The molecule has 3 rings (SSSR count). The van der Waals surface area contributed by atoms with Crippen molar-refractivity contribution in [3.63, 3.8) is 0 Å². The Morgan fingerprint density at radius 2 is 0.556 bits per heavy atom. The minimum Gasteiger partial charge on any atom is -0.687 e. The third-order valence-corrected chi connectivity index (χ3v) is 9.60. The SMILES string of the molecule is C1COCCOCCOCCOCCOCCO1.CC(C)c1cccc(C(C)C)c1[N-][Si](C)(C)C.CC(C)c1cccc(C(C)C)c1[N-][Si](C)(C)C.[K+].[Ni]. The first-order valence-corrected chi connectivity index (χ1v) is 26.5. The third-order valence-electron chi connectivity index (χ3n) is 7.81. The zero-order chi connectivity index (χ0) is 39.2. The van der Waals surface area contributed by atoms with Gasteiger partial charge < -0.3 is 38.4 Å². The number of benzene rings is 2. The molecule has 0 spiro atoms. The van der Waals surface area contributed by atoms with E-state index in [1.807, 2.05) is 0 Å². The fourth-order valence-corrected chi connectivity index (χ4v) is 7.13. The summed E-state index contributed by atoms with van der Waals surface area (Å²) in [5.41, 5.74) is 8.16. The van der Waals surface area contributed by atoms with Crippen LogP contribution in [-0.2, 0) is 44.9 Å². The molecule has 0 atom stereocenters. The van der Waals surface area contributed by atoms with Crippen LogP contribution in [0.25, 0.3) is 9.96 Å². The number of hydrogen-bond acceptors (Lipinski definition) is 6. The van der Waals surface area contributed by atoms with E-state index >= 15 is 0 Å². The Bertz CT molecular complexity index is 1020. The van der Waals surface area contributed by atoms with Crippen molar-refractivity contribution in [3.8, 4) is 0 Å². The van der Waals surface area contributed by atoms with Crippen LogP contribution in [0.5, 0.6) is 0 Å². The van der Waals surface area contributed by atoms with Gasteiger partial charge in [-0.05, 0) is 40.1 Å². The van der Waals surface area contributed by atoms with E-state index in [9.17, 15) is 0 Å². The average molecular weight is 859 g/mol. The van der Waals surface area contributed by atoms with E-state index in [4.69, 9.17) is 38.4 Å². The van der Waals surface area contributed by atoms with Crippen LogP contribution in [0.4, 0.5) is 11.4 Å². The van der Waals surface area contributed by atoms with E-state index in [1.165, 1.54) is 33.6 Å². The van der Waals surface area contributed by atoms with E-state index < -0.39 is 16.5 Å². The van der Waals surface area contributed by atoms with Gasteiger partial charge in [0.15, 0.2) is 0 Å². The van der Waals surface area contributed by atoms with Gasteiger partial charge in [-0.3, -0.25) is 0 Å². The summed E-state index contributed by atoms with van der Waals surface area (Å²) in [6, 6.07) is 13.3. The first kappa shape index (κ1) is 56.5. The molecule has 0 N–H and O–H groups in total. The van der Waals surface area contributed by atoms with Crippen molar-refractivity contribution in [2.45, 2.75) is 118 Å². The molecule has 1 saturated heterocycles. The maximum atomic E-state index is 5.33. The Hall–Kier alpha value is 0.364. The smallest absolute Gasteiger partial charge is 0.687 e. The molecule has 1 heterocycles. The predicted molar refractivity (Wildman–Crippen MR) is 227 cm³/mol. The van der Waals surface area contributed by atoms with E-state index in [0.29, 0.717) is 103 Å². The van der Waals surface area contributed by atoms with Crippen LogP contribution in [-0.4, -0.2) is 95.8 Å². The first-order valence-electron chi connectivity index (χ1n) is 19.6. The van der Waals surface area contributed by atoms with Crippen molar-refractivity contribution in [1.29, 1.82) is 0 Å². The fraction of sp³-hybridized carbons (Fsp3) is 0.714. The molecular weight excluding hydrogens is 782 g/mol. The summed E-state index contributed by atoms with van der Waals surface area (Å²) in [4.78, 5) is 10.1. The summed E-state index contributed by atoms with van der Waals surface area (Å²) in [6.45, 7) is 38.9. The molecule has 0 aromatic heterocycles. The maximum absolute atomic E-state index is 5.33. The van der Waals surface area contributed by atoms with Crippen LogP contribution < -0.4 is 51.4 Å². The molecule has 0 radical (unpaired) electrons. The number of ether oxygens (including phenoxy) is 6. The Morgan fingerprint density at radius 1 is 0.389 bits per heavy atom. The first-order chi connectivity index (χ1) is 24.4. The Morgan fingerprint density at radius 3 is 0.685 bits per heavy atom. The molecule has 0 bridgehead atoms. The summed E-state index contributed by atoms with van der Waals surface area (Å²) in [7, 11) is -2.86. The van der Waals surface area contributed by atoms with Crippen molar-refractivity contribution >= 4 is 27.8 Å². The van der Waals surface area contributed by atoms with Gasteiger partial charge in [-0.25, -0.2) is 0 Å². The van der Waals surface area contributed by atoms with Gasteiger partial charge in [0, 0.05) is 16.5 Å². The van der Waals surface area contributed by atoms with Crippen LogP contribution >= 0.6 is 0 Å². The van der Waals surface area contributed by atoms with Crippen LogP contribution in [0.15, 0.2) is 36.4 Å². The van der Waals surface area contributed by atoms with Gasteiger partial charge in [0.1, 0.15) is 0 Å². The molecule has 2 aromatic carbocycles. The quantitative estimate of drug-likeness (QED) is 0.248. The molecule has 1 aliphatic heterocycles. The molecule has 2 aromatic rings. The van der Waals surface area contributed by atoms with Crippen LogP contribution in [0.3, 0.4) is 0 Å². The summed E-state index contributed by atoms with van der Waals surface area (Å²) >= 11 is 0. The van der Waals surface area contributed by atoms with Crippen molar-refractivity contribution in [3.05, 3.63) is 68.6 Å². The molecule has 0 saturated carbocycles. The van der Waals surface area contributed by atoms with Gasteiger partial charge in [-0.15, -0.1) is 11.4 Å². The second-order valence-corrected chi connectivity index (χ2v) is 25.6. The monoisotopic (exact) mass is 857 g/mol. The summed E-state index contributed by atoms with van der Waals surface area (Å²) < 4.78 is 32.0. The standard InChI is InChI=1S/2C15H26NSi.C12H24O6.K.Ni/c2*1-11(2)13-9-8-10-14(12(3)4)15(13)16-17(5,6)7;1-2-14-5-6-16-9-10-18-12-11-17-8-7-15-4-3-13-1;;/h2*8-12H,1-7H3;1-12H2;;/q2*-1;;+1;. The molecule has 0 unspecified atom stereocenters. The molecular formula is C42H76KN2NiO6Si2-. The summed E-state index contributed by atoms with van der Waals surface area (Å²) in [6.07, 6.45) is 0. The normalized spacial score (nSPS) is 15.7. The number of rotatable bonds is 8. The van der Waals surface area contributed by atoms with Gasteiger partial charge in [0.25, 0.3) is 0 Å². The molecule has 12 heteroatoms. The van der Waals surface area contributed by atoms with E-state index in [1.54, 1.807) is 0 Å². The van der Waals surface area contributed by atoms with Gasteiger partial charge in [-0.2, -0.15) is 0 Å². The second kappa shape index (κ2) is 31.3. The summed E-state index contributed by atoms with van der Waals surface area (Å²) in [5, 5.41) is 0. The second-order valence-electron chi connectivity index (χ2n) is 16.4. The van der Waals surface area contributed by atoms with Crippen molar-refractivity contribution in [1.82, 2.24) is 0 Å². The molecule has 0 amide bonds. The van der Waals surface area contributed by atoms with Crippen molar-refractivity contribution < 1.29 is 96.3 Å². The average Bonchev–Trinajstić information content (AvgIpc) is 3.03. The maximum Gasteiger partial charge on any atom is 1.00 e. The van der Waals surface area contributed by atoms with Gasteiger partial charge in [-0.1, -0.05) is 153 Å². The van der Waals surface area contributed by atoms with Crippen LogP contribution in [0, 0.1) is 0 Å². The van der Waals surface area contributed by atoms with Gasteiger partial charge in [0.2, 0.25) is 0 Å². The van der Waals surface area contributed by atoms with Gasteiger partial charge in [0.05, 0.1) is 79.3 Å². The molecule has 1 fully saturated rings. The molecule has 54 heavy (non-hydrogen) atoms. The Labute approximate surface area is 386 Å². The minimum atomic E-state index is -1.43. The van der Waals surface area contributed by atoms with E-state index in [0.717, 1.165) is 0 Å². The zero-order valence-corrected chi connectivity index (χ0v) is 43.0. The molecule has 0 aliphatic carbocycles. The van der Waals surface area contributed by atoms with Crippen molar-refractivity contribution in [2.75, 3.05) is 79.3 Å². The Kier molecular flexibility index (Phi) is 32.7. The largest absolute Gasteiger partial charge is 1.00 e. The number of nitrogens with zero attached hydrogens (tertiary/aromatic N) is 2. The number of hydrogen-bond donors (Lipinski definition) is 0. The minimum absolute atomic E-state index is 0. The zero-order valence-electron chi connectivity index (χ0n) is 36.9. The fourth-order valence-electron chi connectivity index (χ4n) is 5.27. The van der Waals surface area contributed by atoms with Crippen LogP contribution in [0.2, 0.25) is 39.3 Å². The third kappa shape index (κ3) is 26.4. The van der Waals surface area contributed by atoms with Crippen LogP contribution in [0.1, 0.15) is 101 Å². The van der Waals surface area contributed by atoms with Crippen molar-refractivity contribution in [2.24, 2.45) is 0 Å². The summed E-state index contributed by atoms with van der Waals surface area (Å²) in [5.74, 6) is 2.18.